The molecule has 0 amide bonds. The second kappa shape index (κ2) is 10.3. The summed E-state index contributed by atoms with van der Waals surface area (Å²) in [5.41, 5.74) is 0. The van der Waals surface area contributed by atoms with Crippen molar-refractivity contribution >= 4 is 16.6 Å². The van der Waals surface area contributed by atoms with Gasteiger partial charge < -0.3 is 4.12 Å². The molecule has 0 fully saturated rings. The maximum absolute atomic E-state index is 5.90. The van der Waals surface area contributed by atoms with Crippen LogP contribution in [0.5, 0.6) is 0 Å². The highest BCUT2D eigenvalue weighted by Gasteiger charge is 2.24. The third-order valence-corrected chi connectivity index (χ3v) is 5.51. The van der Waals surface area contributed by atoms with Crippen molar-refractivity contribution in [2.75, 3.05) is 0 Å². The molecule has 0 N–H and O–H groups in total. The van der Waals surface area contributed by atoms with E-state index < -0.39 is 16.6 Å². The van der Waals surface area contributed by atoms with Crippen molar-refractivity contribution in [3.63, 3.8) is 0 Å². The van der Waals surface area contributed by atoms with Gasteiger partial charge in [0.2, 0.25) is 0 Å². The summed E-state index contributed by atoms with van der Waals surface area (Å²) < 4.78 is 5.90. The predicted molar refractivity (Wildman–Crippen MR) is 88.8 cm³/mol. The van der Waals surface area contributed by atoms with E-state index in [1.807, 2.05) is 0 Å². The summed E-state index contributed by atoms with van der Waals surface area (Å²) in [4.78, 5) is 0. The van der Waals surface area contributed by atoms with E-state index >= 15 is 0 Å². The van der Waals surface area contributed by atoms with Gasteiger partial charge in [-0.25, -0.2) is 0 Å². The van der Waals surface area contributed by atoms with Gasteiger partial charge in [0, 0.05) is 0 Å². The molecule has 3 heteroatoms. The zero-order chi connectivity index (χ0) is 14.9. The number of hydrogen-bond acceptors (Lipinski definition) is 1. The molecule has 0 aliphatic carbocycles. The molecule has 0 bridgehead atoms. The largest absolute Gasteiger partial charge is 0.456 e. The summed E-state index contributed by atoms with van der Waals surface area (Å²) in [6, 6.07) is 0. The Morgan fingerprint density at radius 1 is 0.529 bits per heavy atom. The topological polar surface area (TPSA) is 9.23 Å². The molecule has 0 spiro atoms. The first-order valence-corrected chi connectivity index (χ1v) is 13.7. The Morgan fingerprint density at radius 2 is 0.647 bits per heavy atom. The van der Waals surface area contributed by atoms with E-state index in [1.165, 1.54) is 0 Å². The van der Waals surface area contributed by atoms with Crippen molar-refractivity contribution in [2.24, 2.45) is 11.8 Å². The minimum Gasteiger partial charge on any atom is -0.456 e. The summed E-state index contributed by atoms with van der Waals surface area (Å²) >= 11 is 0. The Morgan fingerprint density at radius 3 is 0.647 bits per heavy atom. The van der Waals surface area contributed by atoms with Crippen molar-refractivity contribution < 1.29 is 4.12 Å². The lowest BCUT2D eigenvalue weighted by Gasteiger charge is -2.27. The molecule has 0 rings (SSSR count). The van der Waals surface area contributed by atoms with Gasteiger partial charge in [-0.3, -0.25) is 0 Å². The SMILES string of the molecule is CC(C)C.CC(C)C.C[Si](C)(C)O[Si](C)(C)C. The first-order chi connectivity index (χ1) is 7.17. The highest BCUT2D eigenvalue weighted by atomic mass is 28.4. The second-order valence-electron chi connectivity index (χ2n) is 7.79. The van der Waals surface area contributed by atoms with Crippen LogP contribution in [-0.4, -0.2) is 16.6 Å². The molecule has 0 aromatic heterocycles. The van der Waals surface area contributed by atoms with Gasteiger partial charge in [-0.15, -0.1) is 0 Å². The standard InChI is InChI=1S/C6H18OSi2.2C4H10/c1-8(2,3)7-9(4,5)6;2*1-4(2)3/h1-6H3;2*4H,1-3H3. The van der Waals surface area contributed by atoms with Crippen LogP contribution in [0.25, 0.3) is 0 Å². The maximum Gasteiger partial charge on any atom is 0.170 e. The Bertz CT molecular complexity index is 129. The van der Waals surface area contributed by atoms with Crippen LogP contribution in [0.3, 0.4) is 0 Å². The van der Waals surface area contributed by atoms with Crippen molar-refractivity contribution in [1.82, 2.24) is 0 Å². The van der Waals surface area contributed by atoms with Gasteiger partial charge in [0.05, 0.1) is 0 Å². The quantitative estimate of drug-likeness (QED) is 0.563. The van der Waals surface area contributed by atoms with Crippen molar-refractivity contribution in [1.29, 1.82) is 0 Å². The highest BCUT2D eigenvalue weighted by molar-refractivity contribution is 6.83. The molecule has 0 unspecified atom stereocenters. The van der Waals surface area contributed by atoms with Crippen molar-refractivity contribution in [3.8, 4) is 0 Å². The Hall–Kier alpha value is 0.394. The van der Waals surface area contributed by atoms with Crippen molar-refractivity contribution in [3.05, 3.63) is 0 Å². The molecular formula is C14H38OSi2. The molecule has 1 nitrogen and oxygen atoms in total. The highest BCUT2D eigenvalue weighted by Crippen LogP contribution is 2.12. The normalized spacial score (nSPS) is 11.6. The lowest BCUT2D eigenvalue weighted by Crippen LogP contribution is -2.39. The molecule has 0 aromatic carbocycles. The fraction of sp³-hybridized carbons (Fsp3) is 1.00. The van der Waals surface area contributed by atoms with Gasteiger partial charge in [-0.2, -0.15) is 0 Å². The first kappa shape index (κ1) is 22.6. The maximum atomic E-state index is 5.90. The smallest absolute Gasteiger partial charge is 0.170 e. The van der Waals surface area contributed by atoms with E-state index in [9.17, 15) is 0 Å². The van der Waals surface area contributed by atoms with Gasteiger partial charge >= 0.3 is 0 Å². The average molecular weight is 279 g/mol. The zero-order valence-corrected chi connectivity index (χ0v) is 16.6. The molecule has 0 heterocycles. The first-order valence-electron chi connectivity index (χ1n) is 6.87. The molecular weight excluding hydrogens is 240 g/mol. The van der Waals surface area contributed by atoms with E-state index in [0.717, 1.165) is 11.8 Å². The summed E-state index contributed by atoms with van der Waals surface area (Å²) in [5.74, 6) is 1.67. The van der Waals surface area contributed by atoms with Gasteiger partial charge in [-0.05, 0) is 51.1 Å². The summed E-state index contributed by atoms with van der Waals surface area (Å²) in [6.07, 6.45) is 0. The second-order valence-corrected chi connectivity index (χ2v) is 17.1. The van der Waals surface area contributed by atoms with Crippen LogP contribution >= 0.6 is 0 Å². The Kier molecular flexibility index (Phi) is 13.7. The van der Waals surface area contributed by atoms with Gasteiger partial charge in [0.1, 0.15) is 0 Å². The van der Waals surface area contributed by atoms with E-state index in [0.29, 0.717) is 0 Å². The third-order valence-electron chi connectivity index (χ3n) is 0.612. The van der Waals surface area contributed by atoms with Crippen LogP contribution in [0, 0.1) is 11.8 Å². The van der Waals surface area contributed by atoms with Gasteiger partial charge in [-0.1, -0.05) is 41.5 Å². The lowest BCUT2D eigenvalue weighted by molar-refractivity contribution is 0.559. The molecule has 0 aromatic rings. The molecule has 0 aliphatic rings. The van der Waals surface area contributed by atoms with Gasteiger partial charge in [0.15, 0.2) is 16.6 Å². The molecule has 0 aliphatic heterocycles. The monoisotopic (exact) mass is 278 g/mol. The van der Waals surface area contributed by atoms with Crippen LogP contribution in [0.15, 0.2) is 0 Å². The van der Waals surface area contributed by atoms with E-state index in [-0.39, 0.29) is 0 Å². The Labute approximate surface area is 114 Å². The molecule has 0 saturated heterocycles. The van der Waals surface area contributed by atoms with E-state index in [1.54, 1.807) is 0 Å². The van der Waals surface area contributed by atoms with Crippen LogP contribution in [0.2, 0.25) is 39.3 Å². The molecule has 0 atom stereocenters. The van der Waals surface area contributed by atoms with Crippen molar-refractivity contribution in [2.45, 2.75) is 80.8 Å². The molecule has 0 saturated carbocycles. The average Bonchev–Trinajstić information content (AvgIpc) is 1.70. The summed E-state index contributed by atoms with van der Waals surface area (Å²) in [7, 11) is -2.46. The summed E-state index contributed by atoms with van der Waals surface area (Å²) in [6.45, 7) is 26.4. The molecule has 17 heavy (non-hydrogen) atoms. The number of hydrogen-bond donors (Lipinski definition) is 0. The van der Waals surface area contributed by atoms with Crippen LogP contribution in [0.4, 0.5) is 0 Å². The van der Waals surface area contributed by atoms with E-state index in [4.69, 9.17) is 4.12 Å². The van der Waals surface area contributed by atoms with E-state index in [2.05, 4.69) is 80.8 Å². The summed E-state index contributed by atoms with van der Waals surface area (Å²) in [5, 5.41) is 0. The third kappa shape index (κ3) is 83.1. The van der Waals surface area contributed by atoms with Crippen LogP contribution in [0.1, 0.15) is 41.5 Å². The lowest BCUT2D eigenvalue weighted by atomic mass is 10.3. The van der Waals surface area contributed by atoms with Crippen LogP contribution < -0.4 is 0 Å². The Balaban J connectivity index is -0.000000205. The minimum atomic E-state index is -1.23. The zero-order valence-electron chi connectivity index (χ0n) is 14.6. The molecule has 0 radical (unpaired) electrons. The molecule has 108 valence electrons. The fourth-order valence-electron chi connectivity index (χ4n) is 0.919. The predicted octanol–water partition coefficient (Wildman–Crippen LogP) is 6.00. The number of rotatable bonds is 2. The van der Waals surface area contributed by atoms with Gasteiger partial charge in [0.25, 0.3) is 0 Å². The fourth-order valence-corrected chi connectivity index (χ4v) is 8.27. The minimum absolute atomic E-state index is 0.833. The van der Waals surface area contributed by atoms with Crippen LogP contribution in [-0.2, 0) is 4.12 Å².